The highest BCUT2D eigenvalue weighted by Gasteiger charge is 2.06. The van der Waals surface area contributed by atoms with Crippen molar-refractivity contribution >= 4 is 28.7 Å². The van der Waals surface area contributed by atoms with E-state index in [1.54, 1.807) is 29.5 Å². The highest BCUT2D eigenvalue weighted by molar-refractivity contribution is 7.09. The van der Waals surface area contributed by atoms with Gasteiger partial charge in [0.25, 0.3) is 0 Å². The summed E-state index contributed by atoms with van der Waals surface area (Å²) in [5.74, 6) is 0.625. The molecule has 2 rings (SSSR count). The second-order valence-corrected chi connectivity index (χ2v) is 5.32. The zero-order valence-electron chi connectivity index (χ0n) is 9.98. The topological polar surface area (TPSA) is 26.3 Å². The molecule has 0 saturated heterocycles. The maximum absolute atomic E-state index is 11.2. The van der Waals surface area contributed by atoms with E-state index in [4.69, 9.17) is 16.3 Å². The molecule has 0 atom stereocenters. The van der Waals surface area contributed by atoms with E-state index in [1.165, 1.54) is 11.8 Å². The Morgan fingerprint density at radius 2 is 2.22 bits per heavy atom. The fraction of sp³-hybridized carbons (Fsp3) is 0.214. The van der Waals surface area contributed by atoms with Crippen molar-refractivity contribution in [1.82, 2.24) is 0 Å². The maximum atomic E-state index is 11.2. The van der Waals surface area contributed by atoms with Gasteiger partial charge in [-0.25, -0.2) is 0 Å². The number of ether oxygens (including phenoxy) is 1. The van der Waals surface area contributed by atoms with Crippen LogP contribution in [-0.2, 0) is 6.42 Å². The number of carbonyl (C=O) groups excluding carboxylic acids is 1. The van der Waals surface area contributed by atoms with E-state index in [0.29, 0.717) is 22.9 Å². The van der Waals surface area contributed by atoms with Gasteiger partial charge in [-0.15, -0.1) is 11.3 Å². The Balaban J connectivity index is 1.95. The predicted molar refractivity (Wildman–Crippen MR) is 75.0 cm³/mol. The van der Waals surface area contributed by atoms with Crippen LogP contribution in [0.25, 0.3) is 0 Å². The van der Waals surface area contributed by atoms with Crippen molar-refractivity contribution in [3.05, 3.63) is 51.2 Å². The Morgan fingerprint density at radius 1 is 1.39 bits per heavy atom. The van der Waals surface area contributed by atoms with Crippen LogP contribution >= 0.6 is 22.9 Å². The molecule has 4 heteroatoms. The summed E-state index contributed by atoms with van der Waals surface area (Å²) in [7, 11) is 0. The average molecular weight is 281 g/mol. The minimum absolute atomic E-state index is 0.00188. The molecular weight excluding hydrogens is 268 g/mol. The van der Waals surface area contributed by atoms with Gasteiger partial charge in [-0.05, 0) is 36.6 Å². The van der Waals surface area contributed by atoms with Gasteiger partial charge in [0, 0.05) is 16.9 Å². The van der Waals surface area contributed by atoms with E-state index in [0.717, 1.165) is 6.42 Å². The van der Waals surface area contributed by atoms with Gasteiger partial charge in [0.15, 0.2) is 5.78 Å². The first-order chi connectivity index (χ1) is 8.66. The molecule has 0 saturated carbocycles. The van der Waals surface area contributed by atoms with E-state index < -0.39 is 0 Å². The number of carbonyl (C=O) groups is 1. The Bertz CT molecular complexity index is 535. The second kappa shape index (κ2) is 6.03. The smallest absolute Gasteiger partial charge is 0.159 e. The third-order valence-electron chi connectivity index (χ3n) is 2.52. The van der Waals surface area contributed by atoms with Gasteiger partial charge in [-0.1, -0.05) is 17.7 Å². The summed E-state index contributed by atoms with van der Waals surface area (Å²) in [6.07, 6.45) is 0.864. The number of hydrogen-bond acceptors (Lipinski definition) is 3. The van der Waals surface area contributed by atoms with Gasteiger partial charge >= 0.3 is 0 Å². The number of hydrogen-bond donors (Lipinski definition) is 0. The molecule has 0 fully saturated rings. The van der Waals surface area contributed by atoms with Crippen molar-refractivity contribution < 1.29 is 9.53 Å². The molecule has 1 heterocycles. The van der Waals surface area contributed by atoms with Gasteiger partial charge in [-0.3, -0.25) is 4.79 Å². The molecular formula is C14H13ClO2S. The lowest BCUT2D eigenvalue weighted by Gasteiger charge is -2.08. The molecule has 0 N–H and O–H groups in total. The lowest BCUT2D eigenvalue weighted by atomic mass is 10.1. The highest BCUT2D eigenvalue weighted by Crippen LogP contribution is 2.26. The molecule has 0 unspecified atom stereocenters. The van der Waals surface area contributed by atoms with Gasteiger partial charge in [0.1, 0.15) is 5.75 Å². The Hall–Kier alpha value is -1.32. The van der Waals surface area contributed by atoms with Crippen molar-refractivity contribution in [3.8, 4) is 5.75 Å². The van der Waals surface area contributed by atoms with E-state index in [-0.39, 0.29) is 5.78 Å². The molecule has 18 heavy (non-hydrogen) atoms. The molecule has 0 amide bonds. The van der Waals surface area contributed by atoms with Gasteiger partial charge in [0.05, 0.1) is 11.6 Å². The number of rotatable bonds is 5. The monoisotopic (exact) mass is 280 g/mol. The van der Waals surface area contributed by atoms with Crippen LogP contribution in [0, 0.1) is 0 Å². The summed E-state index contributed by atoms with van der Waals surface area (Å²) >= 11 is 7.77. The molecule has 0 aliphatic carbocycles. The molecule has 2 aromatic rings. The van der Waals surface area contributed by atoms with E-state index in [9.17, 15) is 4.79 Å². The molecule has 0 spiro atoms. The summed E-state index contributed by atoms with van der Waals surface area (Å²) < 4.78 is 5.61. The van der Waals surface area contributed by atoms with E-state index >= 15 is 0 Å². The SMILES string of the molecule is CC(=O)c1ccc(OCCc2cccs2)c(Cl)c1. The Labute approximate surface area is 115 Å². The maximum Gasteiger partial charge on any atom is 0.159 e. The Morgan fingerprint density at radius 3 is 2.83 bits per heavy atom. The van der Waals surface area contributed by atoms with Crippen LogP contribution in [0.2, 0.25) is 5.02 Å². The minimum atomic E-state index is 0.00188. The quantitative estimate of drug-likeness (QED) is 0.766. The van der Waals surface area contributed by atoms with Crippen molar-refractivity contribution in [3.63, 3.8) is 0 Å². The van der Waals surface area contributed by atoms with Crippen molar-refractivity contribution in [2.75, 3.05) is 6.61 Å². The standard InChI is InChI=1S/C14H13ClO2S/c1-10(16)11-4-5-14(13(15)9-11)17-7-6-12-3-2-8-18-12/h2-5,8-9H,6-7H2,1H3. The van der Waals surface area contributed by atoms with Crippen LogP contribution < -0.4 is 4.74 Å². The van der Waals surface area contributed by atoms with Gasteiger partial charge < -0.3 is 4.74 Å². The third kappa shape index (κ3) is 3.34. The number of halogens is 1. The fourth-order valence-corrected chi connectivity index (χ4v) is 2.48. The first kappa shape index (κ1) is 13.1. The molecule has 0 bridgehead atoms. The van der Waals surface area contributed by atoms with E-state index in [1.807, 2.05) is 11.4 Å². The molecule has 0 aliphatic rings. The van der Waals surface area contributed by atoms with Crippen LogP contribution in [0.3, 0.4) is 0 Å². The third-order valence-corrected chi connectivity index (χ3v) is 3.76. The average Bonchev–Trinajstić information content (AvgIpc) is 2.84. The van der Waals surface area contributed by atoms with Crippen LogP contribution in [0.15, 0.2) is 35.7 Å². The molecule has 0 aliphatic heterocycles. The number of thiophene rings is 1. The minimum Gasteiger partial charge on any atom is -0.492 e. The first-order valence-corrected chi connectivity index (χ1v) is 6.88. The second-order valence-electron chi connectivity index (χ2n) is 3.88. The van der Waals surface area contributed by atoms with Crippen molar-refractivity contribution in [1.29, 1.82) is 0 Å². The first-order valence-electron chi connectivity index (χ1n) is 5.62. The number of benzene rings is 1. The lowest BCUT2D eigenvalue weighted by molar-refractivity contribution is 0.101. The van der Waals surface area contributed by atoms with Crippen molar-refractivity contribution in [2.45, 2.75) is 13.3 Å². The molecule has 0 radical (unpaired) electrons. The van der Waals surface area contributed by atoms with Crippen LogP contribution in [0.4, 0.5) is 0 Å². The zero-order chi connectivity index (χ0) is 13.0. The fourth-order valence-electron chi connectivity index (χ4n) is 1.55. The largest absolute Gasteiger partial charge is 0.492 e. The summed E-state index contributed by atoms with van der Waals surface area (Å²) in [5, 5.41) is 2.53. The normalized spacial score (nSPS) is 10.3. The van der Waals surface area contributed by atoms with Gasteiger partial charge in [-0.2, -0.15) is 0 Å². The van der Waals surface area contributed by atoms with Crippen LogP contribution in [0.5, 0.6) is 5.75 Å². The molecule has 1 aromatic carbocycles. The molecule has 2 nitrogen and oxygen atoms in total. The zero-order valence-corrected chi connectivity index (χ0v) is 11.6. The lowest BCUT2D eigenvalue weighted by Crippen LogP contribution is -2.01. The summed E-state index contributed by atoms with van der Waals surface area (Å²) in [4.78, 5) is 12.5. The van der Waals surface area contributed by atoms with Crippen LogP contribution in [-0.4, -0.2) is 12.4 Å². The van der Waals surface area contributed by atoms with E-state index in [2.05, 4.69) is 6.07 Å². The van der Waals surface area contributed by atoms with Crippen molar-refractivity contribution in [2.24, 2.45) is 0 Å². The molecule has 1 aromatic heterocycles. The van der Waals surface area contributed by atoms with Gasteiger partial charge in [0.2, 0.25) is 0 Å². The predicted octanol–water partition coefficient (Wildman–Crippen LogP) is 4.23. The Kier molecular flexibility index (Phi) is 4.39. The summed E-state index contributed by atoms with van der Waals surface area (Å²) in [5.41, 5.74) is 0.602. The molecule has 94 valence electrons. The van der Waals surface area contributed by atoms with Crippen LogP contribution in [0.1, 0.15) is 22.2 Å². The summed E-state index contributed by atoms with van der Waals surface area (Å²) in [6, 6.07) is 9.22. The number of Topliss-reactive ketones (excluding diaryl/α,β-unsaturated/α-hetero) is 1. The highest BCUT2D eigenvalue weighted by atomic mass is 35.5. The summed E-state index contributed by atoms with van der Waals surface area (Å²) in [6.45, 7) is 2.10. The number of ketones is 1.